The molecule has 0 spiro atoms. The number of nitrogens with one attached hydrogen (secondary N) is 1. The molecular weight excluding hydrogens is 464 g/mol. The number of nitro groups is 1. The van der Waals surface area contributed by atoms with Gasteiger partial charge in [0.05, 0.1) is 4.92 Å². The van der Waals surface area contributed by atoms with E-state index in [-0.39, 0.29) is 34.2 Å². The van der Waals surface area contributed by atoms with Crippen LogP contribution in [0.3, 0.4) is 0 Å². The Bertz CT molecular complexity index is 812. The number of hydrogen-bond acceptors (Lipinski definition) is 6. The standard InChI is InChI=1S/C7H3Cl2NO3.C7H5ClO.C4H12N2.ClH/c8-4-1-2-5(7(9)11)6(3-4)10(12)13;8-7(9)6-4-2-1-3-5-6;1-4(2,3)6-5;/h1-3H;1-5H;6H,5H2,1-3H3;1H. The zero-order valence-electron chi connectivity index (χ0n) is 15.8. The number of benzene rings is 2. The van der Waals surface area contributed by atoms with Gasteiger partial charge < -0.3 is 0 Å². The Morgan fingerprint density at radius 1 is 1.03 bits per heavy atom. The molecule has 29 heavy (non-hydrogen) atoms. The summed E-state index contributed by atoms with van der Waals surface area (Å²) in [5.41, 5.74) is 2.68. The Kier molecular flexibility index (Phi) is 14.5. The third-order valence-corrected chi connectivity index (χ3v) is 3.46. The van der Waals surface area contributed by atoms with E-state index in [1.807, 2.05) is 26.8 Å². The fraction of sp³-hybridized carbons (Fsp3) is 0.222. The van der Waals surface area contributed by atoms with Gasteiger partial charge in [0.1, 0.15) is 5.56 Å². The first kappa shape index (κ1) is 29.5. The molecule has 11 heteroatoms. The van der Waals surface area contributed by atoms with Gasteiger partial charge in [-0.25, -0.2) is 0 Å². The Balaban J connectivity index is 0. The van der Waals surface area contributed by atoms with E-state index >= 15 is 0 Å². The Hall–Kier alpha value is -1.74. The van der Waals surface area contributed by atoms with Crippen molar-refractivity contribution in [1.29, 1.82) is 0 Å². The molecule has 2 aromatic rings. The van der Waals surface area contributed by atoms with E-state index in [2.05, 4.69) is 5.43 Å². The fourth-order valence-corrected chi connectivity index (χ4v) is 1.84. The number of carbonyl (C=O) groups excluding carboxylic acids is 2. The lowest BCUT2D eigenvalue weighted by molar-refractivity contribution is -0.385. The third kappa shape index (κ3) is 13.2. The van der Waals surface area contributed by atoms with Crippen molar-refractivity contribution in [2.24, 2.45) is 5.84 Å². The van der Waals surface area contributed by atoms with E-state index in [0.29, 0.717) is 5.56 Å². The topological polar surface area (TPSA) is 115 Å². The lowest BCUT2D eigenvalue weighted by atomic mass is 10.1. The van der Waals surface area contributed by atoms with Crippen molar-refractivity contribution in [2.75, 3.05) is 0 Å². The van der Waals surface area contributed by atoms with Crippen LogP contribution in [0.5, 0.6) is 0 Å². The van der Waals surface area contributed by atoms with Gasteiger partial charge in [0.25, 0.3) is 16.2 Å². The monoisotopic (exact) mass is 483 g/mol. The van der Waals surface area contributed by atoms with Crippen LogP contribution in [-0.2, 0) is 0 Å². The Labute approximate surface area is 190 Å². The van der Waals surface area contributed by atoms with Crippen molar-refractivity contribution in [1.82, 2.24) is 5.43 Å². The summed E-state index contributed by atoms with van der Waals surface area (Å²) in [5.74, 6) is 5.06. The summed E-state index contributed by atoms with van der Waals surface area (Å²) >= 11 is 15.8. The first-order valence-corrected chi connectivity index (χ1v) is 8.89. The van der Waals surface area contributed by atoms with Crippen molar-refractivity contribution < 1.29 is 14.5 Å². The van der Waals surface area contributed by atoms with Crippen molar-refractivity contribution >= 4 is 63.4 Å². The summed E-state index contributed by atoms with van der Waals surface area (Å²) in [6.45, 7) is 6.02. The Morgan fingerprint density at radius 2 is 1.52 bits per heavy atom. The molecule has 0 heterocycles. The molecule has 0 aliphatic rings. The van der Waals surface area contributed by atoms with Gasteiger partial charge in [-0.2, -0.15) is 0 Å². The zero-order valence-corrected chi connectivity index (χ0v) is 18.9. The van der Waals surface area contributed by atoms with Crippen LogP contribution < -0.4 is 11.3 Å². The van der Waals surface area contributed by atoms with Gasteiger partial charge in [-0.05, 0) is 56.1 Å². The number of hydrogen-bond donors (Lipinski definition) is 2. The van der Waals surface area contributed by atoms with Crippen molar-refractivity contribution in [3.05, 3.63) is 74.8 Å². The van der Waals surface area contributed by atoms with Crippen molar-refractivity contribution in [3.8, 4) is 0 Å². The molecule has 2 aromatic carbocycles. The van der Waals surface area contributed by atoms with Gasteiger partial charge in [0.15, 0.2) is 0 Å². The zero-order chi connectivity index (χ0) is 21.9. The van der Waals surface area contributed by atoms with E-state index in [4.69, 9.17) is 40.6 Å². The van der Waals surface area contributed by atoms with Crippen LogP contribution in [0.25, 0.3) is 0 Å². The summed E-state index contributed by atoms with van der Waals surface area (Å²) < 4.78 is 0. The number of rotatable bonds is 3. The molecule has 0 unspecified atom stereocenters. The van der Waals surface area contributed by atoms with Crippen LogP contribution >= 0.6 is 47.2 Å². The SMILES string of the molecule is CC(C)(C)NN.Cl.O=C(Cl)c1ccc(Cl)cc1[N+](=O)[O-].O=C(Cl)c1ccccc1. The molecule has 0 aliphatic carbocycles. The maximum Gasteiger partial charge on any atom is 0.282 e. The van der Waals surface area contributed by atoms with Crippen LogP contribution in [-0.4, -0.2) is 20.9 Å². The van der Waals surface area contributed by atoms with Crippen molar-refractivity contribution in [3.63, 3.8) is 0 Å². The average Bonchev–Trinajstić information content (AvgIpc) is 2.62. The maximum absolute atomic E-state index is 10.7. The van der Waals surface area contributed by atoms with E-state index in [9.17, 15) is 19.7 Å². The second-order valence-corrected chi connectivity index (χ2v) is 7.35. The molecule has 0 bridgehead atoms. The van der Waals surface area contributed by atoms with E-state index in [1.165, 1.54) is 12.1 Å². The maximum atomic E-state index is 10.7. The predicted octanol–water partition coefficient (Wildman–Crippen LogP) is 5.36. The van der Waals surface area contributed by atoms with Crippen LogP contribution in [0.2, 0.25) is 5.02 Å². The van der Waals surface area contributed by atoms with Crippen LogP contribution in [0.15, 0.2) is 48.5 Å². The molecule has 0 saturated heterocycles. The lowest BCUT2D eigenvalue weighted by Crippen LogP contribution is -2.41. The van der Waals surface area contributed by atoms with E-state index < -0.39 is 15.4 Å². The van der Waals surface area contributed by atoms with Crippen LogP contribution in [0.1, 0.15) is 41.5 Å². The number of halogens is 4. The largest absolute Gasteiger partial charge is 0.282 e. The Morgan fingerprint density at radius 3 is 1.83 bits per heavy atom. The number of nitrogens with two attached hydrogens (primary N) is 1. The minimum atomic E-state index is -0.872. The normalized spacial score (nSPS) is 9.62. The van der Waals surface area contributed by atoms with E-state index in [1.54, 1.807) is 24.3 Å². The van der Waals surface area contributed by atoms with Gasteiger partial charge in [0, 0.05) is 22.2 Å². The summed E-state index contributed by atoms with van der Waals surface area (Å²) in [6, 6.07) is 12.4. The first-order chi connectivity index (χ1) is 12.9. The molecule has 0 atom stereocenters. The third-order valence-electron chi connectivity index (χ3n) is 2.80. The number of nitrogens with zero attached hydrogens (tertiary/aromatic N) is 1. The number of carbonyl (C=O) groups is 2. The highest BCUT2D eigenvalue weighted by Gasteiger charge is 2.18. The minimum Gasteiger partial charge on any atom is -0.276 e. The number of nitro benzene ring substituents is 1. The molecule has 0 saturated carbocycles. The van der Waals surface area contributed by atoms with Crippen molar-refractivity contribution in [2.45, 2.75) is 26.3 Å². The molecule has 0 amide bonds. The molecule has 0 aromatic heterocycles. The van der Waals surface area contributed by atoms with Gasteiger partial charge in [-0.1, -0.05) is 41.9 Å². The molecule has 160 valence electrons. The number of hydrazine groups is 1. The predicted molar refractivity (Wildman–Crippen MR) is 119 cm³/mol. The first-order valence-electron chi connectivity index (χ1n) is 7.75. The van der Waals surface area contributed by atoms with E-state index in [0.717, 1.165) is 6.07 Å². The van der Waals surface area contributed by atoms with Gasteiger partial charge in [-0.3, -0.25) is 31.0 Å². The fourth-order valence-electron chi connectivity index (χ4n) is 1.39. The second kappa shape index (κ2) is 14.3. The highest BCUT2D eigenvalue weighted by atomic mass is 35.5. The van der Waals surface area contributed by atoms with Gasteiger partial charge in [0.2, 0.25) is 0 Å². The quantitative estimate of drug-likeness (QED) is 0.262. The lowest BCUT2D eigenvalue weighted by Gasteiger charge is -2.14. The smallest absolute Gasteiger partial charge is 0.276 e. The molecular formula is C18H21Cl4N3O4. The van der Waals surface area contributed by atoms with Gasteiger partial charge >= 0.3 is 0 Å². The highest BCUT2D eigenvalue weighted by molar-refractivity contribution is 6.68. The minimum absolute atomic E-state index is 0. The van der Waals surface area contributed by atoms with Crippen LogP contribution in [0, 0.1) is 10.1 Å². The summed E-state index contributed by atoms with van der Waals surface area (Å²) in [4.78, 5) is 30.8. The average molecular weight is 485 g/mol. The molecule has 0 fully saturated rings. The molecule has 0 radical (unpaired) electrons. The molecule has 7 nitrogen and oxygen atoms in total. The summed E-state index contributed by atoms with van der Waals surface area (Å²) in [6.07, 6.45) is 0. The summed E-state index contributed by atoms with van der Waals surface area (Å²) in [5, 5.41) is 9.32. The summed E-state index contributed by atoms with van der Waals surface area (Å²) in [7, 11) is 0. The van der Waals surface area contributed by atoms with Crippen LogP contribution in [0.4, 0.5) is 5.69 Å². The molecule has 2 rings (SSSR count). The second-order valence-electron chi connectivity index (χ2n) is 6.23. The highest BCUT2D eigenvalue weighted by Crippen LogP contribution is 2.24. The molecule has 0 aliphatic heterocycles. The van der Waals surface area contributed by atoms with Gasteiger partial charge in [-0.15, -0.1) is 12.4 Å². The molecule has 3 N–H and O–H groups in total.